The fraction of sp³-hybridized carbons (Fsp3) is 0.688. The molecular weight excluding hydrogens is 266 g/mol. The topological polar surface area (TPSA) is 55.3 Å². The first kappa shape index (κ1) is 14.6. The van der Waals surface area contributed by atoms with Gasteiger partial charge in [0.05, 0.1) is 6.10 Å². The number of hydrogen-bond acceptors (Lipinski definition) is 3. The molecule has 1 saturated carbocycles. The summed E-state index contributed by atoms with van der Waals surface area (Å²) in [6.07, 6.45) is 7.86. The van der Waals surface area contributed by atoms with E-state index in [1.807, 2.05) is 18.3 Å². The summed E-state index contributed by atoms with van der Waals surface area (Å²) in [5.41, 5.74) is 0.789. The molecule has 0 aromatic carbocycles. The summed E-state index contributed by atoms with van der Waals surface area (Å²) < 4.78 is 7.93. The summed E-state index contributed by atoms with van der Waals surface area (Å²) in [6, 6.07) is 4.40. The third-order valence-electron chi connectivity index (χ3n) is 4.20. The summed E-state index contributed by atoms with van der Waals surface area (Å²) >= 11 is 0. The number of nitrogens with zero attached hydrogens (tertiary/aromatic N) is 1. The quantitative estimate of drug-likeness (QED) is 0.752. The third kappa shape index (κ3) is 4.08. The maximum Gasteiger partial charge on any atom is 0.267 e. The Labute approximate surface area is 126 Å². The van der Waals surface area contributed by atoms with E-state index in [9.17, 15) is 4.79 Å². The van der Waals surface area contributed by atoms with Crippen molar-refractivity contribution in [2.45, 2.75) is 44.2 Å². The standard InChI is InChI=1S/C16H25N3O2/c20-16(15-3-1-11-19(15)13-4-5-13)18-8-2-12-21-14-6-9-17-10-7-14/h1,3,11,13-14,17H,2,4-10,12H2,(H,18,20). The predicted molar refractivity (Wildman–Crippen MR) is 81.5 cm³/mol. The van der Waals surface area contributed by atoms with Crippen LogP contribution in [0.5, 0.6) is 0 Å². The highest BCUT2D eigenvalue weighted by Gasteiger charge is 2.26. The van der Waals surface area contributed by atoms with Crippen molar-refractivity contribution < 1.29 is 9.53 Å². The van der Waals surface area contributed by atoms with Gasteiger partial charge >= 0.3 is 0 Å². The van der Waals surface area contributed by atoms with E-state index in [-0.39, 0.29) is 5.91 Å². The molecule has 1 aliphatic heterocycles. The van der Waals surface area contributed by atoms with Gasteiger partial charge in [0.2, 0.25) is 0 Å². The van der Waals surface area contributed by atoms with Crippen LogP contribution in [0.15, 0.2) is 18.3 Å². The van der Waals surface area contributed by atoms with E-state index in [4.69, 9.17) is 4.74 Å². The van der Waals surface area contributed by atoms with Crippen molar-refractivity contribution in [2.75, 3.05) is 26.2 Å². The second-order valence-corrected chi connectivity index (χ2v) is 5.96. The molecule has 1 aromatic heterocycles. The Morgan fingerprint density at radius 1 is 1.33 bits per heavy atom. The van der Waals surface area contributed by atoms with Gasteiger partial charge in [-0.2, -0.15) is 0 Å². The molecule has 2 heterocycles. The molecule has 1 aliphatic carbocycles. The smallest absolute Gasteiger partial charge is 0.267 e. The number of nitrogens with one attached hydrogen (secondary N) is 2. The minimum atomic E-state index is 0.0359. The van der Waals surface area contributed by atoms with Crippen molar-refractivity contribution in [3.63, 3.8) is 0 Å². The first-order chi connectivity index (χ1) is 10.3. The molecule has 1 saturated heterocycles. The van der Waals surface area contributed by atoms with Crippen LogP contribution in [-0.2, 0) is 4.74 Å². The van der Waals surface area contributed by atoms with Gasteiger partial charge in [0.25, 0.3) is 5.91 Å². The average molecular weight is 291 g/mol. The highest BCUT2D eigenvalue weighted by Crippen LogP contribution is 2.35. The highest BCUT2D eigenvalue weighted by atomic mass is 16.5. The van der Waals surface area contributed by atoms with Crippen LogP contribution < -0.4 is 10.6 Å². The van der Waals surface area contributed by atoms with E-state index in [1.165, 1.54) is 12.8 Å². The molecule has 5 nitrogen and oxygen atoms in total. The van der Waals surface area contributed by atoms with Crippen LogP contribution >= 0.6 is 0 Å². The Balaban J connectivity index is 1.33. The van der Waals surface area contributed by atoms with Crippen LogP contribution in [-0.4, -0.2) is 42.8 Å². The lowest BCUT2D eigenvalue weighted by molar-refractivity contribution is 0.0317. The number of carbonyl (C=O) groups excluding carboxylic acids is 1. The van der Waals surface area contributed by atoms with Crippen molar-refractivity contribution >= 4 is 5.91 Å². The fourth-order valence-corrected chi connectivity index (χ4v) is 2.83. The number of hydrogen-bond donors (Lipinski definition) is 2. The first-order valence-corrected chi connectivity index (χ1v) is 8.12. The van der Waals surface area contributed by atoms with Crippen LogP contribution in [0.3, 0.4) is 0 Å². The van der Waals surface area contributed by atoms with E-state index < -0.39 is 0 Å². The zero-order valence-electron chi connectivity index (χ0n) is 12.5. The van der Waals surface area contributed by atoms with Crippen molar-refractivity contribution in [3.05, 3.63) is 24.0 Å². The Morgan fingerprint density at radius 3 is 2.90 bits per heavy atom. The molecule has 0 radical (unpaired) electrons. The zero-order chi connectivity index (χ0) is 14.5. The lowest BCUT2D eigenvalue weighted by Crippen LogP contribution is -2.33. The van der Waals surface area contributed by atoms with Gasteiger partial charge in [-0.3, -0.25) is 4.79 Å². The number of amides is 1. The molecule has 21 heavy (non-hydrogen) atoms. The lowest BCUT2D eigenvalue weighted by Gasteiger charge is -2.22. The minimum absolute atomic E-state index is 0.0359. The van der Waals surface area contributed by atoms with E-state index in [0.29, 0.717) is 18.7 Å². The van der Waals surface area contributed by atoms with E-state index >= 15 is 0 Å². The molecule has 5 heteroatoms. The van der Waals surface area contributed by atoms with Crippen molar-refractivity contribution in [3.8, 4) is 0 Å². The second kappa shape index (κ2) is 7.09. The number of aromatic nitrogens is 1. The summed E-state index contributed by atoms with van der Waals surface area (Å²) in [4.78, 5) is 12.1. The van der Waals surface area contributed by atoms with Gasteiger partial charge in [-0.05, 0) is 57.3 Å². The molecule has 2 N–H and O–H groups in total. The van der Waals surface area contributed by atoms with Gasteiger partial charge in [-0.25, -0.2) is 0 Å². The van der Waals surface area contributed by atoms with Gasteiger partial charge in [0, 0.05) is 25.4 Å². The molecule has 0 spiro atoms. The van der Waals surface area contributed by atoms with Crippen molar-refractivity contribution in [1.82, 2.24) is 15.2 Å². The predicted octanol–water partition coefficient (Wildman–Crippen LogP) is 1.71. The van der Waals surface area contributed by atoms with E-state index in [0.717, 1.165) is 44.7 Å². The SMILES string of the molecule is O=C(NCCCOC1CCNCC1)c1cccn1C1CC1. The largest absolute Gasteiger partial charge is 0.378 e. The second-order valence-electron chi connectivity index (χ2n) is 5.96. The van der Waals surface area contributed by atoms with Crippen LogP contribution in [0.4, 0.5) is 0 Å². The Morgan fingerprint density at radius 2 is 2.14 bits per heavy atom. The van der Waals surface area contributed by atoms with Crippen LogP contribution in [0.2, 0.25) is 0 Å². The van der Waals surface area contributed by atoms with Crippen LogP contribution in [0.1, 0.15) is 48.6 Å². The Hall–Kier alpha value is -1.33. The summed E-state index contributed by atoms with van der Waals surface area (Å²) in [5.74, 6) is 0.0359. The molecule has 2 fully saturated rings. The maximum atomic E-state index is 12.1. The van der Waals surface area contributed by atoms with Crippen molar-refractivity contribution in [2.24, 2.45) is 0 Å². The maximum absolute atomic E-state index is 12.1. The van der Waals surface area contributed by atoms with Gasteiger partial charge in [-0.1, -0.05) is 0 Å². The van der Waals surface area contributed by atoms with Crippen molar-refractivity contribution in [1.29, 1.82) is 0 Å². The number of piperidine rings is 1. The average Bonchev–Trinajstić information content (AvgIpc) is 3.24. The molecule has 1 amide bonds. The van der Waals surface area contributed by atoms with Gasteiger partial charge in [0.15, 0.2) is 0 Å². The number of rotatable bonds is 7. The summed E-state index contributed by atoms with van der Waals surface area (Å²) in [5, 5.41) is 6.32. The molecule has 2 aliphatic rings. The third-order valence-corrected chi connectivity index (χ3v) is 4.20. The summed E-state index contributed by atoms with van der Waals surface area (Å²) in [6.45, 7) is 3.52. The number of ether oxygens (including phenoxy) is 1. The van der Waals surface area contributed by atoms with E-state index in [1.54, 1.807) is 0 Å². The van der Waals surface area contributed by atoms with Gasteiger partial charge < -0.3 is 19.9 Å². The number of carbonyl (C=O) groups is 1. The molecule has 1 aromatic rings. The normalized spacial score (nSPS) is 19.6. The lowest BCUT2D eigenvalue weighted by atomic mass is 10.1. The molecule has 0 unspecified atom stereocenters. The fourth-order valence-electron chi connectivity index (χ4n) is 2.83. The molecule has 116 valence electrons. The highest BCUT2D eigenvalue weighted by molar-refractivity contribution is 5.92. The monoisotopic (exact) mass is 291 g/mol. The Bertz CT molecular complexity index is 462. The first-order valence-electron chi connectivity index (χ1n) is 8.12. The van der Waals surface area contributed by atoms with Gasteiger partial charge in [0.1, 0.15) is 5.69 Å². The van der Waals surface area contributed by atoms with Gasteiger partial charge in [-0.15, -0.1) is 0 Å². The summed E-state index contributed by atoms with van der Waals surface area (Å²) in [7, 11) is 0. The zero-order valence-corrected chi connectivity index (χ0v) is 12.5. The van der Waals surface area contributed by atoms with Crippen LogP contribution in [0.25, 0.3) is 0 Å². The molecule has 0 bridgehead atoms. The molecular formula is C16H25N3O2. The molecule has 0 atom stereocenters. The van der Waals surface area contributed by atoms with Crippen LogP contribution in [0, 0.1) is 0 Å². The molecule has 3 rings (SSSR count). The minimum Gasteiger partial charge on any atom is -0.378 e. The van der Waals surface area contributed by atoms with E-state index in [2.05, 4.69) is 15.2 Å². The Kier molecular flexibility index (Phi) is 4.93.